The summed E-state index contributed by atoms with van der Waals surface area (Å²) in [4.78, 5) is 3.87. The van der Waals surface area contributed by atoms with Gasteiger partial charge in [-0.15, -0.1) is 0 Å². The molecule has 1 rings (SSSR count). The fourth-order valence-electron chi connectivity index (χ4n) is 1.06. The number of aromatic nitrogens is 3. The van der Waals surface area contributed by atoms with Crippen LogP contribution in [0.2, 0.25) is 0 Å². The Morgan fingerprint density at radius 2 is 2.45 bits per heavy atom. The Labute approximate surface area is 66.6 Å². The maximum atomic E-state index is 4.02. The molecule has 4 nitrogen and oxygen atoms in total. The Balaban J connectivity index is 2.31. The van der Waals surface area contributed by atoms with Crippen molar-refractivity contribution in [1.82, 2.24) is 20.1 Å². The second kappa shape index (κ2) is 4.08. The molecule has 0 aliphatic carbocycles. The summed E-state index contributed by atoms with van der Waals surface area (Å²) in [6.07, 6.45) is 3.30. The summed E-state index contributed by atoms with van der Waals surface area (Å²) < 4.78 is 1.85. The lowest BCUT2D eigenvalue weighted by Gasteiger charge is -2.09. The van der Waals surface area contributed by atoms with Gasteiger partial charge in [-0.1, -0.05) is 6.92 Å². The summed E-state index contributed by atoms with van der Waals surface area (Å²) in [5.74, 6) is 0.599. The maximum absolute atomic E-state index is 4.02. The molecule has 0 saturated heterocycles. The minimum atomic E-state index is 0.599. The van der Waals surface area contributed by atoms with Crippen molar-refractivity contribution < 1.29 is 0 Å². The predicted octanol–water partition coefficient (Wildman–Crippen LogP) is 0.134. The molecule has 0 aliphatic rings. The van der Waals surface area contributed by atoms with Crippen molar-refractivity contribution in [2.45, 2.75) is 13.5 Å². The Morgan fingerprint density at radius 3 is 3.00 bits per heavy atom. The number of nitrogens with zero attached hydrogens (tertiary/aromatic N) is 3. The van der Waals surface area contributed by atoms with Crippen LogP contribution in [0.1, 0.15) is 6.92 Å². The molecule has 1 N–H and O–H groups in total. The van der Waals surface area contributed by atoms with Gasteiger partial charge in [-0.05, 0) is 19.5 Å². The second-order valence-corrected chi connectivity index (χ2v) is 2.78. The van der Waals surface area contributed by atoms with Gasteiger partial charge in [0.05, 0.1) is 0 Å². The van der Waals surface area contributed by atoms with E-state index in [0.29, 0.717) is 5.92 Å². The van der Waals surface area contributed by atoms with E-state index in [-0.39, 0.29) is 0 Å². The quantitative estimate of drug-likeness (QED) is 0.670. The van der Waals surface area contributed by atoms with Crippen LogP contribution >= 0.6 is 0 Å². The van der Waals surface area contributed by atoms with Crippen molar-refractivity contribution in [3.05, 3.63) is 12.7 Å². The van der Waals surface area contributed by atoms with E-state index in [1.54, 1.807) is 12.7 Å². The first-order valence-electron chi connectivity index (χ1n) is 3.80. The van der Waals surface area contributed by atoms with Gasteiger partial charge in [-0.2, -0.15) is 5.10 Å². The maximum Gasteiger partial charge on any atom is 0.137 e. The lowest BCUT2D eigenvalue weighted by atomic mass is 10.2. The third-order valence-electron chi connectivity index (χ3n) is 1.52. The first-order valence-corrected chi connectivity index (χ1v) is 3.80. The van der Waals surface area contributed by atoms with Gasteiger partial charge >= 0.3 is 0 Å². The predicted molar refractivity (Wildman–Crippen MR) is 43.1 cm³/mol. The van der Waals surface area contributed by atoms with Gasteiger partial charge in [-0.3, -0.25) is 4.68 Å². The number of hydrogen-bond acceptors (Lipinski definition) is 3. The second-order valence-electron chi connectivity index (χ2n) is 2.78. The normalized spacial score (nSPS) is 13.3. The monoisotopic (exact) mass is 154 g/mol. The molecule has 1 aromatic rings. The molecule has 62 valence electrons. The van der Waals surface area contributed by atoms with Crippen molar-refractivity contribution in [1.29, 1.82) is 0 Å². The van der Waals surface area contributed by atoms with Crippen LogP contribution in [0.4, 0.5) is 0 Å². The van der Waals surface area contributed by atoms with E-state index in [1.165, 1.54) is 0 Å². The van der Waals surface area contributed by atoms with Crippen LogP contribution in [0.3, 0.4) is 0 Å². The average molecular weight is 154 g/mol. The van der Waals surface area contributed by atoms with E-state index >= 15 is 0 Å². The van der Waals surface area contributed by atoms with Crippen molar-refractivity contribution >= 4 is 0 Å². The van der Waals surface area contributed by atoms with Crippen LogP contribution in [-0.2, 0) is 6.54 Å². The van der Waals surface area contributed by atoms with Gasteiger partial charge in [0.15, 0.2) is 0 Å². The molecule has 1 atom stereocenters. The highest BCUT2D eigenvalue weighted by Gasteiger charge is 2.00. The molecule has 0 aliphatic heterocycles. The number of rotatable bonds is 4. The zero-order valence-electron chi connectivity index (χ0n) is 6.99. The first-order chi connectivity index (χ1) is 5.33. The van der Waals surface area contributed by atoms with Crippen molar-refractivity contribution in [3.8, 4) is 0 Å². The lowest BCUT2D eigenvalue weighted by Crippen LogP contribution is -2.20. The molecule has 0 bridgehead atoms. The molecule has 0 saturated carbocycles. The molecule has 0 fully saturated rings. The fourth-order valence-corrected chi connectivity index (χ4v) is 1.06. The van der Waals surface area contributed by atoms with Crippen molar-refractivity contribution in [2.75, 3.05) is 13.6 Å². The van der Waals surface area contributed by atoms with Crippen molar-refractivity contribution in [3.63, 3.8) is 0 Å². The number of hydrogen-bond donors (Lipinski definition) is 1. The molecular weight excluding hydrogens is 140 g/mol. The van der Waals surface area contributed by atoms with Crippen LogP contribution in [0, 0.1) is 5.92 Å². The fraction of sp³-hybridized carbons (Fsp3) is 0.714. The van der Waals surface area contributed by atoms with Gasteiger partial charge in [0.2, 0.25) is 0 Å². The van der Waals surface area contributed by atoms with E-state index in [0.717, 1.165) is 13.1 Å². The van der Waals surface area contributed by atoms with Crippen LogP contribution in [0.25, 0.3) is 0 Å². The largest absolute Gasteiger partial charge is 0.319 e. The lowest BCUT2D eigenvalue weighted by molar-refractivity contribution is 0.434. The Morgan fingerprint density at radius 1 is 1.64 bits per heavy atom. The minimum Gasteiger partial charge on any atom is -0.319 e. The third kappa shape index (κ3) is 2.67. The molecule has 1 unspecified atom stereocenters. The summed E-state index contributed by atoms with van der Waals surface area (Å²) in [5.41, 5.74) is 0. The summed E-state index contributed by atoms with van der Waals surface area (Å²) in [7, 11) is 1.96. The molecule has 0 radical (unpaired) electrons. The zero-order valence-corrected chi connectivity index (χ0v) is 6.99. The number of nitrogens with one attached hydrogen (secondary N) is 1. The smallest absolute Gasteiger partial charge is 0.137 e. The van der Waals surface area contributed by atoms with Gasteiger partial charge < -0.3 is 5.32 Å². The molecule has 0 aromatic carbocycles. The zero-order chi connectivity index (χ0) is 8.10. The van der Waals surface area contributed by atoms with Crippen LogP contribution in [0.5, 0.6) is 0 Å². The molecule has 11 heavy (non-hydrogen) atoms. The van der Waals surface area contributed by atoms with Crippen LogP contribution in [0.15, 0.2) is 12.7 Å². The Kier molecular flexibility index (Phi) is 3.04. The summed E-state index contributed by atoms with van der Waals surface area (Å²) in [5, 5.41) is 7.13. The minimum absolute atomic E-state index is 0.599. The Hall–Kier alpha value is -0.900. The molecule has 1 aromatic heterocycles. The summed E-state index contributed by atoms with van der Waals surface area (Å²) in [6, 6.07) is 0. The third-order valence-corrected chi connectivity index (χ3v) is 1.52. The highest BCUT2D eigenvalue weighted by molar-refractivity contribution is 4.60. The molecular formula is C7H14N4. The van der Waals surface area contributed by atoms with Gasteiger partial charge in [0.25, 0.3) is 0 Å². The van der Waals surface area contributed by atoms with Gasteiger partial charge in [0.1, 0.15) is 12.7 Å². The summed E-state index contributed by atoms with van der Waals surface area (Å²) >= 11 is 0. The van der Waals surface area contributed by atoms with Gasteiger partial charge in [0, 0.05) is 6.54 Å². The van der Waals surface area contributed by atoms with E-state index in [9.17, 15) is 0 Å². The Bertz CT molecular complexity index is 182. The first kappa shape index (κ1) is 8.20. The molecule has 4 heteroatoms. The van der Waals surface area contributed by atoms with E-state index < -0.39 is 0 Å². The molecule has 1 heterocycles. The standard InChI is InChI=1S/C7H14N4/c1-7(3-8-2)4-11-6-9-5-10-11/h5-8H,3-4H2,1-2H3. The van der Waals surface area contributed by atoms with Crippen molar-refractivity contribution in [2.24, 2.45) is 5.92 Å². The molecule has 0 spiro atoms. The highest BCUT2D eigenvalue weighted by atomic mass is 15.3. The van der Waals surface area contributed by atoms with E-state index in [4.69, 9.17) is 0 Å². The SMILES string of the molecule is CNCC(C)Cn1cncn1. The van der Waals surface area contributed by atoms with Gasteiger partial charge in [-0.25, -0.2) is 4.98 Å². The van der Waals surface area contributed by atoms with Crippen LogP contribution in [-0.4, -0.2) is 28.4 Å². The topological polar surface area (TPSA) is 42.7 Å². The van der Waals surface area contributed by atoms with E-state index in [2.05, 4.69) is 22.3 Å². The summed E-state index contributed by atoms with van der Waals surface area (Å²) in [6.45, 7) is 4.12. The average Bonchev–Trinajstić information content (AvgIpc) is 2.40. The molecule has 0 amide bonds. The van der Waals surface area contributed by atoms with Crippen LogP contribution < -0.4 is 5.32 Å². The highest BCUT2D eigenvalue weighted by Crippen LogP contribution is 1.95. The van der Waals surface area contributed by atoms with E-state index in [1.807, 2.05) is 11.7 Å².